The second-order valence-electron chi connectivity index (χ2n) is 7.22. The Hall–Kier alpha value is -2.14. The van der Waals surface area contributed by atoms with Crippen molar-refractivity contribution in [3.63, 3.8) is 0 Å². The summed E-state index contributed by atoms with van der Waals surface area (Å²) in [4.78, 5) is 12.6. The zero-order valence-corrected chi connectivity index (χ0v) is 16.6. The highest BCUT2D eigenvalue weighted by Crippen LogP contribution is 2.17. The molecule has 0 unspecified atom stereocenters. The van der Waals surface area contributed by atoms with E-state index in [1.54, 1.807) is 24.3 Å². The van der Waals surface area contributed by atoms with Crippen LogP contribution in [0.5, 0.6) is 0 Å². The van der Waals surface area contributed by atoms with Crippen LogP contribution in [-0.2, 0) is 27.5 Å². The summed E-state index contributed by atoms with van der Waals surface area (Å²) < 4.78 is 23.0. The van der Waals surface area contributed by atoms with Gasteiger partial charge in [0.15, 0.2) is 9.84 Å². The van der Waals surface area contributed by atoms with Gasteiger partial charge in [-0.3, -0.25) is 4.79 Å². The van der Waals surface area contributed by atoms with E-state index in [9.17, 15) is 13.2 Å². The number of carbonyl (C=O) groups is 1. The summed E-state index contributed by atoms with van der Waals surface area (Å²) in [6, 6.07) is 14.6. The molecule has 0 saturated heterocycles. The third-order valence-corrected chi connectivity index (χ3v) is 5.35. The smallest absolute Gasteiger partial charge is 0.224 e. The average Bonchev–Trinajstić information content (AvgIpc) is 2.55. The third-order valence-electron chi connectivity index (χ3n) is 4.22. The van der Waals surface area contributed by atoms with E-state index in [-0.39, 0.29) is 16.8 Å². The lowest BCUT2D eigenvalue weighted by molar-refractivity contribution is -0.121. The van der Waals surface area contributed by atoms with Crippen LogP contribution in [0.2, 0.25) is 0 Å². The summed E-state index contributed by atoms with van der Waals surface area (Å²) in [5.74, 6) is 0.556. The molecule has 4 nitrogen and oxygen atoms in total. The lowest BCUT2D eigenvalue weighted by atomic mass is 10.0. The Balaban J connectivity index is 1.94. The van der Waals surface area contributed by atoms with Crippen molar-refractivity contribution in [3.8, 4) is 0 Å². The van der Waals surface area contributed by atoms with E-state index in [1.165, 1.54) is 11.8 Å². The molecule has 1 amide bonds. The molecule has 2 rings (SSSR count). The highest BCUT2D eigenvalue weighted by atomic mass is 32.2. The molecule has 26 heavy (non-hydrogen) atoms. The SMILES string of the molecule is CC(C)Cc1ccc(CC(=O)N[C@@H](C)c2ccc(S(C)(=O)=O)cc2)cc1. The van der Waals surface area contributed by atoms with E-state index >= 15 is 0 Å². The van der Waals surface area contributed by atoms with Crippen molar-refractivity contribution in [2.75, 3.05) is 6.26 Å². The Kier molecular flexibility index (Phi) is 6.59. The second-order valence-corrected chi connectivity index (χ2v) is 9.24. The van der Waals surface area contributed by atoms with Crippen LogP contribution in [0.25, 0.3) is 0 Å². The van der Waals surface area contributed by atoms with E-state index in [4.69, 9.17) is 0 Å². The van der Waals surface area contributed by atoms with E-state index < -0.39 is 9.84 Å². The van der Waals surface area contributed by atoms with Crippen LogP contribution in [0, 0.1) is 5.92 Å². The highest BCUT2D eigenvalue weighted by molar-refractivity contribution is 7.90. The first-order valence-electron chi connectivity index (χ1n) is 8.82. The minimum atomic E-state index is -3.21. The normalized spacial score (nSPS) is 12.8. The average molecular weight is 374 g/mol. The predicted octanol–water partition coefficient (Wildman–Crippen LogP) is 3.71. The molecular weight excluding hydrogens is 346 g/mol. The molecule has 0 saturated carbocycles. The van der Waals surface area contributed by atoms with Gasteiger partial charge in [0, 0.05) is 6.26 Å². The van der Waals surface area contributed by atoms with Crippen molar-refractivity contribution in [2.24, 2.45) is 5.92 Å². The van der Waals surface area contributed by atoms with Crippen LogP contribution < -0.4 is 5.32 Å². The molecule has 0 aliphatic carbocycles. The first kappa shape index (κ1) is 20.2. The number of hydrogen-bond donors (Lipinski definition) is 1. The van der Waals surface area contributed by atoms with Gasteiger partial charge in [0.25, 0.3) is 0 Å². The molecule has 1 atom stereocenters. The largest absolute Gasteiger partial charge is 0.349 e. The van der Waals surface area contributed by atoms with Gasteiger partial charge in [-0.15, -0.1) is 0 Å². The van der Waals surface area contributed by atoms with Gasteiger partial charge in [-0.25, -0.2) is 8.42 Å². The first-order chi connectivity index (χ1) is 12.1. The van der Waals surface area contributed by atoms with E-state index in [2.05, 4.69) is 31.3 Å². The molecular formula is C21H27NO3S. The predicted molar refractivity (Wildman–Crippen MR) is 105 cm³/mol. The van der Waals surface area contributed by atoms with Crippen molar-refractivity contribution in [2.45, 2.75) is 44.6 Å². The maximum absolute atomic E-state index is 12.3. The fraction of sp³-hybridized carbons (Fsp3) is 0.381. The fourth-order valence-corrected chi connectivity index (χ4v) is 3.46. The fourth-order valence-electron chi connectivity index (χ4n) is 2.83. The molecule has 0 aromatic heterocycles. The standard InChI is InChI=1S/C21H27NO3S/c1-15(2)13-17-5-7-18(8-6-17)14-21(23)22-16(3)19-9-11-20(12-10-19)26(4,24)25/h5-12,15-16H,13-14H2,1-4H3,(H,22,23)/t16-/m0/s1. The monoisotopic (exact) mass is 373 g/mol. The van der Waals surface area contributed by atoms with E-state index in [1.807, 2.05) is 19.1 Å². The highest BCUT2D eigenvalue weighted by Gasteiger charge is 2.12. The quantitative estimate of drug-likeness (QED) is 0.805. The van der Waals surface area contributed by atoms with Crippen molar-refractivity contribution in [1.29, 1.82) is 0 Å². The maximum atomic E-state index is 12.3. The van der Waals surface area contributed by atoms with Gasteiger partial charge < -0.3 is 5.32 Å². The van der Waals surface area contributed by atoms with Crippen LogP contribution in [0.1, 0.15) is 43.5 Å². The Morgan fingerprint density at radius 1 is 0.923 bits per heavy atom. The molecule has 0 spiro atoms. The molecule has 0 aliphatic heterocycles. The van der Waals surface area contributed by atoms with Crippen LogP contribution >= 0.6 is 0 Å². The zero-order valence-electron chi connectivity index (χ0n) is 15.8. The Morgan fingerprint density at radius 3 is 1.96 bits per heavy atom. The third kappa shape index (κ3) is 5.99. The summed E-state index contributed by atoms with van der Waals surface area (Å²) in [7, 11) is -3.21. The van der Waals surface area contributed by atoms with Gasteiger partial charge in [0.05, 0.1) is 17.4 Å². The first-order valence-corrected chi connectivity index (χ1v) is 10.7. The van der Waals surface area contributed by atoms with E-state index in [0.717, 1.165) is 17.5 Å². The summed E-state index contributed by atoms with van der Waals surface area (Å²) in [5.41, 5.74) is 3.14. The zero-order chi connectivity index (χ0) is 19.3. The van der Waals surface area contributed by atoms with Crippen LogP contribution in [0.3, 0.4) is 0 Å². The second kappa shape index (κ2) is 8.49. The number of rotatable bonds is 7. The summed E-state index contributed by atoms with van der Waals surface area (Å²) >= 11 is 0. The summed E-state index contributed by atoms with van der Waals surface area (Å²) in [6.45, 7) is 6.26. The van der Waals surface area contributed by atoms with Crippen LogP contribution in [0.15, 0.2) is 53.4 Å². The van der Waals surface area contributed by atoms with Crippen LogP contribution in [0.4, 0.5) is 0 Å². The number of hydrogen-bond acceptors (Lipinski definition) is 3. The summed E-state index contributed by atoms with van der Waals surface area (Å²) in [5, 5.41) is 2.96. The van der Waals surface area contributed by atoms with Gasteiger partial charge in [-0.1, -0.05) is 50.2 Å². The number of amides is 1. The van der Waals surface area contributed by atoms with Gasteiger partial charge in [-0.05, 0) is 48.1 Å². The minimum Gasteiger partial charge on any atom is -0.349 e. The molecule has 5 heteroatoms. The van der Waals surface area contributed by atoms with Gasteiger partial charge >= 0.3 is 0 Å². The van der Waals surface area contributed by atoms with Gasteiger partial charge in [-0.2, -0.15) is 0 Å². The molecule has 0 radical (unpaired) electrons. The maximum Gasteiger partial charge on any atom is 0.224 e. The van der Waals surface area contributed by atoms with E-state index in [0.29, 0.717) is 12.3 Å². The number of carbonyl (C=O) groups excluding carboxylic acids is 1. The minimum absolute atomic E-state index is 0.0544. The lowest BCUT2D eigenvalue weighted by Gasteiger charge is -2.15. The Morgan fingerprint density at radius 2 is 1.46 bits per heavy atom. The Labute approximate surface area is 156 Å². The molecule has 2 aromatic rings. The molecule has 1 N–H and O–H groups in total. The van der Waals surface area contributed by atoms with Gasteiger partial charge in [0.1, 0.15) is 0 Å². The van der Waals surface area contributed by atoms with Crippen molar-refractivity contribution in [1.82, 2.24) is 5.32 Å². The topological polar surface area (TPSA) is 63.2 Å². The molecule has 140 valence electrons. The van der Waals surface area contributed by atoms with Crippen LogP contribution in [-0.4, -0.2) is 20.6 Å². The Bertz CT molecular complexity index is 838. The molecule has 0 aliphatic rings. The number of benzene rings is 2. The van der Waals surface area contributed by atoms with Crippen molar-refractivity contribution >= 4 is 15.7 Å². The number of sulfone groups is 1. The van der Waals surface area contributed by atoms with Crippen molar-refractivity contribution < 1.29 is 13.2 Å². The van der Waals surface area contributed by atoms with Crippen molar-refractivity contribution in [3.05, 3.63) is 65.2 Å². The molecule has 0 bridgehead atoms. The lowest BCUT2D eigenvalue weighted by Crippen LogP contribution is -2.28. The molecule has 0 fully saturated rings. The number of nitrogens with one attached hydrogen (secondary N) is 1. The van der Waals surface area contributed by atoms with Gasteiger partial charge in [0.2, 0.25) is 5.91 Å². The summed E-state index contributed by atoms with van der Waals surface area (Å²) in [6.07, 6.45) is 2.54. The molecule has 2 aromatic carbocycles. The molecule has 0 heterocycles.